The van der Waals surface area contributed by atoms with E-state index in [1.807, 2.05) is 24.3 Å². The number of carbonyl (C=O) groups excluding carboxylic acids is 1. The number of carbonyl (C=O) groups is 2. The van der Waals surface area contributed by atoms with E-state index in [1.54, 1.807) is 18.2 Å². The van der Waals surface area contributed by atoms with Gasteiger partial charge in [-0.1, -0.05) is 37.6 Å². The van der Waals surface area contributed by atoms with Crippen molar-refractivity contribution >= 4 is 22.8 Å². The van der Waals surface area contributed by atoms with Crippen LogP contribution in [0.25, 0.3) is 10.9 Å². The van der Waals surface area contributed by atoms with Crippen molar-refractivity contribution in [3.05, 3.63) is 70.4 Å². The van der Waals surface area contributed by atoms with Gasteiger partial charge < -0.3 is 15.4 Å². The number of hydrogen-bond acceptors (Lipinski definition) is 2. The van der Waals surface area contributed by atoms with Gasteiger partial charge in [-0.15, -0.1) is 0 Å². The fraction of sp³-hybridized carbons (Fsp3) is 0.304. The maximum absolute atomic E-state index is 11.9. The molecule has 5 nitrogen and oxygen atoms in total. The lowest BCUT2D eigenvalue weighted by Crippen LogP contribution is -2.16. The number of amides is 1. The summed E-state index contributed by atoms with van der Waals surface area (Å²) < 4.78 is 2.14. The first kappa shape index (κ1) is 18.3. The Morgan fingerprint density at radius 2 is 2.00 bits per heavy atom. The topological polar surface area (TPSA) is 85.3 Å². The van der Waals surface area contributed by atoms with E-state index in [-0.39, 0.29) is 0 Å². The number of primary amides is 1. The molecule has 5 heteroatoms. The summed E-state index contributed by atoms with van der Waals surface area (Å²) in [6.45, 7) is 2.74. The number of benzene rings is 2. The zero-order valence-electron chi connectivity index (χ0n) is 15.9. The molecule has 1 aliphatic carbocycles. The second-order valence-electron chi connectivity index (χ2n) is 7.60. The van der Waals surface area contributed by atoms with Crippen molar-refractivity contribution < 1.29 is 14.7 Å². The molecule has 0 saturated heterocycles. The molecule has 1 aliphatic rings. The van der Waals surface area contributed by atoms with E-state index in [0.29, 0.717) is 23.6 Å². The summed E-state index contributed by atoms with van der Waals surface area (Å²) in [5.41, 5.74) is 10.4. The van der Waals surface area contributed by atoms with Gasteiger partial charge in [-0.3, -0.25) is 4.79 Å². The van der Waals surface area contributed by atoms with Crippen LogP contribution in [-0.2, 0) is 19.4 Å². The minimum atomic E-state index is -0.917. The third-order valence-electron chi connectivity index (χ3n) is 5.95. The van der Waals surface area contributed by atoms with Crippen LogP contribution in [-0.4, -0.2) is 21.6 Å². The highest BCUT2D eigenvalue weighted by Crippen LogP contribution is 2.37. The lowest BCUT2D eigenvalue weighted by molar-refractivity contribution is 0.0698. The van der Waals surface area contributed by atoms with Gasteiger partial charge in [0.2, 0.25) is 5.91 Å². The summed E-state index contributed by atoms with van der Waals surface area (Å²) in [6.07, 6.45) is 4.17. The van der Waals surface area contributed by atoms with Gasteiger partial charge in [-0.05, 0) is 54.5 Å². The van der Waals surface area contributed by atoms with Gasteiger partial charge in [-0.25, -0.2) is 4.79 Å². The summed E-state index contributed by atoms with van der Waals surface area (Å²) in [5.74, 6) is -0.740. The first-order valence-electron chi connectivity index (χ1n) is 9.74. The summed E-state index contributed by atoms with van der Waals surface area (Å²) in [7, 11) is 0. The summed E-state index contributed by atoms with van der Waals surface area (Å²) in [4.78, 5) is 23.5. The molecule has 28 heavy (non-hydrogen) atoms. The van der Waals surface area contributed by atoms with E-state index in [9.17, 15) is 14.7 Å². The highest BCUT2D eigenvalue weighted by Gasteiger charge is 2.27. The summed E-state index contributed by atoms with van der Waals surface area (Å²) >= 11 is 0. The van der Waals surface area contributed by atoms with Crippen LogP contribution in [0.1, 0.15) is 57.3 Å². The van der Waals surface area contributed by atoms with E-state index >= 15 is 0 Å². The van der Waals surface area contributed by atoms with Crippen LogP contribution >= 0.6 is 0 Å². The second-order valence-corrected chi connectivity index (χ2v) is 7.60. The molecule has 0 aliphatic heterocycles. The average Bonchev–Trinajstić information content (AvgIpc) is 3.01. The normalized spacial score (nSPS) is 16.1. The molecule has 0 saturated carbocycles. The molecule has 0 radical (unpaired) electrons. The molecule has 1 atom stereocenters. The Morgan fingerprint density at radius 1 is 1.21 bits per heavy atom. The van der Waals surface area contributed by atoms with Crippen LogP contribution in [0.4, 0.5) is 0 Å². The van der Waals surface area contributed by atoms with Crippen molar-refractivity contribution in [2.24, 2.45) is 11.7 Å². The minimum Gasteiger partial charge on any atom is -0.478 e. The van der Waals surface area contributed by atoms with Crippen molar-refractivity contribution in [2.75, 3.05) is 0 Å². The Labute approximate surface area is 163 Å². The summed E-state index contributed by atoms with van der Waals surface area (Å²) in [6, 6.07) is 12.8. The molecular formula is C23H24N2O3. The number of carboxylic acid groups (broad SMARTS) is 1. The zero-order chi connectivity index (χ0) is 19.8. The maximum Gasteiger partial charge on any atom is 0.337 e. The number of rotatable bonds is 5. The van der Waals surface area contributed by atoms with Crippen molar-refractivity contribution in [3.8, 4) is 0 Å². The van der Waals surface area contributed by atoms with E-state index in [2.05, 4.69) is 11.5 Å². The Kier molecular flexibility index (Phi) is 4.67. The Hall–Kier alpha value is -3.08. The minimum absolute atomic E-state index is 0.325. The van der Waals surface area contributed by atoms with Crippen LogP contribution in [0.3, 0.4) is 0 Å². The van der Waals surface area contributed by atoms with E-state index in [1.165, 1.54) is 11.3 Å². The molecule has 1 aromatic heterocycles. The average molecular weight is 376 g/mol. The highest BCUT2D eigenvalue weighted by molar-refractivity contribution is 6.04. The third kappa shape index (κ3) is 3.07. The number of para-hydroxylation sites is 1. The van der Waals surface area contributed by atoms with Crippen LogP contribution in [0.15, 0.2) is 42.5 Å². The van der Waals surface area contributed by atoms with E-state index in [0.717, 1.165) is 42.1 Å². The monoisotopic (exact) mass is 376 g/mol. The maximum atomic E-state index is 11.9. The van der Waals surface area contributed by atoms with Gasteiger partial charge in [0.05, 0.1) is 11.1 Å². The van der Waals surface area contributed by atoms with Crippen molar-refractivity contribution in [2.45, 2.75) is 39.2 Å². The fourth-order valence-electron chi connectivity index (χ4n) is 4.48. The second kappa shape index (κ2) is 7.15. The van der Waals surface area contributed by atoms with Crippen LogP contribution in [0.5, 0.6) is 0 Å². The van der Waals surface area contributed by atoms with Gasteiger partial charge in [0, 0.05) is 23.2 Å². The van der Waals surface area contributed by atoms with E-state index in [4.69, 9.17) is 5.73 Å². The number of hydrogen-bond donors (Lipinski definition) is 2. The van der Waals surface area contributed by atoms with Crippen molar-refractivity contribution in [1.82, 2.24) is 4.57 Å². The molecule has 4 rings (SSSR count). The molecule has 0 bridgehead atoms. The first-order chi connectivity index (χ1) is 13.5. The van der Waals surface area contributed by atoms with Gasteiger partial charge in [0.15, 0.2) is 0 Å². The predicted octanol–water partition coefficient (Wildman–Crippen LogP) is 4.00. The van der Waals surface area contributed by atoms with Gasteiger partial charge in [0.1, 0.15) is 0 Å². The molecule has 2 aromatic carbocycles. The molecule has 0 spiro atoms. The zero-order valence-corrected chi connectivity index (χ0v) is 15.9. The van der Waals surface area contributed by atoms with Crippen LogP contribution in [0, 0.1) is 5.92 Å². The molecule has 144 valence electrons. The molecule has 1 amide bonds. The smallest absolute Gasteiger partial charge is 0.337 e. The molecule has 0 fully saturated rings. The van der Waals surface area contributed by atoms with Crippen LogP contribution in [0.2, 0.25) is 0 Å². The van der Waals surface area contributed by atoms with Crippen molar-refractivity contribution in [1.29, 1.82) is 0 Å². The third-order valence-corrected chi connectivity index (χ3v) is 5.95. The molecule has 3 aromatic rings. The number of nitrogens with zero attached hydrogens (tertiary/aromatic N) is 1. The number of fused-ring (bicyclic) bond motifs is 3. The van der Waals surface area contributed by atoms with Crippen molar-refractivity contribution in [3.63, 3.8) is 0 Å². The lowest BCUT2D eigenvalue weighted by Gasteiger charge is -2.23. The standard InChI is InChI=1S/C23H24N2O3/c1-2-14-9-10-20-19(12-14)17-7-4-8-18(23(27)28)21(17)25(20)13-15-5-3-6-16(11-15)22(24)26/h3-8,11,14H,2,9-10,12-13H2,1H3,(H2,24,26)(H,27,28). The fourth-order valence-corrected chi connectivity index (χ4v) is 4.48. The molecule has 1 heterocycles. The summed E-state index contributed by atoms with van der Waals surface area (Å²) in [5, 5.41) is 10.8. The quantitative estimate of drug-likeness (QED) is 0.706. The van der Waals surface area contributed by atoms with Gasteiger partial charge >= 0.3 is 5.97 Å². The Morgan fingerprint density at radius 3 is 2.71 bits per heavy atom. The molecular weight excluding hydrogens is 352 g/mol. The van der Waals surface area contributed by atoms with Crippen LogP contribution < -0.4 is 5.73 Å². The Bertz CT molecular complexity index is 1080. The molecule has 3 N–H and O–H groups in total. The largest absolute Gasteiger partial charge is 0.478 e. The number of nitrogens with two attached hydrogens (primary N) is 1. The number of carboxylic acids is 1. The SMILES string of the molecule is CCC1CCc2c(c3cccc(C(=O)O)c3n2Cc2cccc(C(N)=O)c2)C1. The highest BCUT2D eigenvalue weighted by atomic mass is 16.4. The Balaban J connectivity index is 1.91. The van der Waals surface area contributed by atoms with E-state index < -0.39 is 11.9 Å². The number of aromatic carboxylic acids is 1. The predicted molar refractivity (Wildman–Crippen MR) is 109 cm³/mol. The first-order valence-corrected chi connectivity index (χ1v) is 9.74. The van der Waals surface area contributed by atoms with Gasteiger partial charge in [0.25, 0.3) is 0 Å². The van der Waals surface area contributed by atoms with Gasteiger partial charge in [-0.2, -0.15) is 0 Å². The lowest BCUT2D eigenvalue weighted by atomic mass is 9.85. The number of aromatic nitrogens is 1. The molecule has 1 unspecified atom stereocenters.